The largest absolute Gasteiger partial charge is 0.379 e. The molecule has 0 radical (unpaired) electrons. The minimum Gasteiger partial charge on any atom is -0.379 e. The molecule has 6 nitrogen and oxygen atoms in total. The van der Waals surface area contributed by atoms with Crippen LogP contribution >= 0.6 is 0 Å². The Balaban J connectivity index is 2.03. The van der Waals surface area contributed by atoms with Crippen molar-refractivity contribution in [1.82, 2.24) is 4.90 Å². The molecule has 1 aromatic carbocycles. The first-order chi connectivity index (χ1) is 10.0. The minimum absolute atomic E-state index is 0.0210. The van der Waals surface area contributed by atoms with Crippen LogP contribution in [0.1, 0.15) is 25.8 Å². The van der Waals surface area contributed by atoms with Crippen molar-refractivity contribution in [2.24, 2.45) is 5.92 Å². The van der Waals surface area contributed by atoms with Gasteiger partial charge in [-0.1, -0.05) is 0 Å². The summed E-state index contributed by atoms with van der Waals surface area (Å²) in [6, 6.07) is 6.95. The van der Waals surface area contributed by atoms with Crippen molar-refractivity contribution < 1.29 is 4.92 Å². The highest BCUT2D eigenvalue weighted by molar-refractivity contribution is 5.64. The van der Waals surface area contributed by atoms with Crippen LogP contribution in [0, 0.1) is 27.4 Å². The maximum absolute atomic E-state index is 11.0. The van der Waals surface area contributed by atoms with Crippen molar-refractivity contribution >= 4 is 11.4 Å². The predicted octanol–water partition coefficient (Wildman–Crippen LogP) is 2.61. The molecule has 6 heteroatoms. The number of hydrogen-bond donors (Lipinski definition) is 1. The Morgan fingerprint density at radius 3 is 2.90 bits per heavy atom. The van der Waals surface area contributed by atoms with E-state index in [4.69, 9.17) is 5.26 Å². The number of nitro groups is 1. The molecule has 0 bridgehead atoms. The van der Waals surface area contributed by atoms with Crippen LogP contribution in [0.15, 0.2) is 18.2 Å². The van der Waals surface area contributed by atoms with Crippen molar-refractivity contribution in [2.75, 3.05) is 25.0 Å². The van der Waals surface area contributed by atoms with E-state index in [0.29, 0.717) is 29.8 Å². The summed E-state index contributed by atoms with van der Waals surface area (Å²) in [5, 5.41) is 23.1. The Morgan fingerprint density at radius 2 is 2.33 bits per heavy atom. The second-order valence-electron chi connectivity index (χ2n) is 5.73. The summed E-state index contributed by atoms with van der Waals surface area (Å²) >= 11 is 0. The van der Waals surface area contributed by atoms with E-state index in [1.54, 1.807) is 6.07 Å². The van der Waals surface area contributed by atoms with Crippen LogP contribution in [0.5, 0.6) is 0 Å². The number of anilines is 1. The van der Waals surface area contributed by atoms with Crippen molar-refractivity contribution in [3.63, 3.8) is 0 Å². The average molecular weight is 288 g/mol. The number of likely N-dealkylation sites (tertiary alicyclic amines) is 1. The SMILES string of the molecule is CC(C)N1CCC(CNc2cc(C#N)ccc2[N+](=O)[O-])C1. The first-order valence-corrected chi connectivity index (χ1v) is 7.17. The Kier molecular flexibility index (Phi) is 4.76. The summed E-state index contributed by atoms with van der Waals surface area (Å²) in [7, 11) is 0. The molecule has 0 aromatic heterocycles. The van der Waals surface area contributed by atoms with E-state index in [2.05, 4.69) is 24.1 Å². The van der Waals surface area contributed by atoms with Gasteiger partial charge in [0.1, 0.15) is 5.69 Å². The first-order valence-electron chi connectivity index (χ1n) is 7.17. The van der Waals surface area contributed by atoms with Gasteiger partial charge < -0.3 is 10.2 Å². The normalized spacial score (nSPS) is 18.7. The molecule has 0 spiro atoms. The van der Waals surface area contributed by atoms with Crippen LogP contribution in [0.4, 0.5) is 11.4 Å². The van der Waals surface area contributed by atoms with E-state index >= 15 is 0 Å². The molecule has 1 fully saturated rings. The smallest absolute Gasteiger partial charge is 0.292 e. The maximum Gasteiger partial charge on any atom is 0.292 e. The van der Waals surface area contributed by atoms with Crippen molar-refractivity contribution in [3.05, 3.63) is 33.9 Å². The molecule has 112 valence electrons. The van der Waals surface area contributed by atoms with Crippen LogP contribution < -0.4 is 5.32 Å². The molecular weight excluding hydrogens is 268 g/mol. The fourth-order valence-electron chi connectivity index (χ4n) is 2.66. The highest BCUT2D eigenvalue weighted by Crippen LogP contribution is 2.26. The monoisotopic (exact) mass is 288 g/mol. The van der Waals surface area contributed by atoms with Crippen LogP contribution in [0.25, 0.3) is 0 Å². The zero-order chi connectivity index (χ0) is 15.4. The number of benzene rings is 1. The van der Waals surface area contributed by atoms with E-state index in [9.17, 15) is 10.1 Å². The lowest BCUT2D eigenvalue weighted by molar-refractivity contribution is -0.384. The molecule has 1 aromatic rings. The van der Waals surface area contributed by atoms with E-state index in [-0.39, 0.29) is 5.69 Å². The summed E-state index contributed by atoms with van der Waals surface area (Å²) < 4.78 is 0. The molecule has 1 saturated heterocycles. The summed E-state index contributed by atoms with van der Waals surface area (Å²) in [5.74, 6) is 0.484. The molecule has 1 heterocycles. The van der Waals surface area contributed by atoms with Gasteiger partial charge in [0.25, 0.3) is 5.69 Å². The third-order valence-electron chi connectivity index (χ3n) is 3.95. The maximum atomic E-state index is 11.0. The lowest BCUT2D eigenvalue weighted by atomic mass is 10.1. The van der Waals surface area contributed by atoms with Gasteiger partial charge in [0.2, 0.25) is 0 Å². The summed E-state index contributed by atoms with van der Waals surface area (Å²) in [5.41, 5.74) is 0.882. The number of nitriles is 1. The second kappa shape index (κ2) is 6.55. The molecule has 1 unspecified atom stereocenters. The van der Waals surface area contributed by atoms with Gasteiger partial charge in [-0.3, -0.25) is 10.1 Å². The van der Waals surface area contributed by atoms with Gasteiger partial charge in [0, 0.05) is 25.2 Å². The lowest BCUT2D eigenvalue weighted by Crippen LogP contribution is -2.29. The summed E-state index contributed by atoms with van der Waals surface area (Å²) in [4.78, 5) is 13.0. The van der Waals surface area contributed by atoms with Gasteiger partial charge in [0.05, 0.1) is 16.6 Å². The van der Waals surface area contributed by atoms with Gasteiger partial charge >= 0.3 is 0 Å². The van der Waals surface area contributed by atoms with Crippen molar-refractivity contribution in [2.45, 2.75) is 26.3 Å². The van der Waals surface area contributed by atoms with E-state index in [1.807, 2.05) is 6.07 Å². The third-order valence-corrected chi connectivity index (χ3v) is 3.95. The minimum atomic E-state index is -0.418. The Morgan fingerprint density at radius 1 is 1.57 bits per heavy atom. The fraction of sp³-hybridized carbons (Fsp3) is 0.533. The first kappa shape index (κ1) is 15.3. The zero-order valence-corrected chi connectivity index (χ0v) is 12.4. The topological polar surface area (TPSA) is 82.2 Å². The molecule has 2 rings (SSSR count). The van der Waals surface area contributed by atoms with Gasteiger partial charge in [-0.2, -0.15) is 5.26 Å². The highest BCUT2D eigenvalue weighted by Gasteiger charge is 2.24. The third kappa shape index (κ3) is 3.70. The average Bonchev–Trinajstić information content (AvgIpc) is 2.93. The Hall–Kier alpha value is -2.13. The number of hydrogen-bond acceptors (Lipinski definition) is 5. The van der Waals surface area contributed by atoms with Crippen molar-refractivity contribution in [3.8, 4) is 6.07 Å². The standard InChI is InChI=1S/C15H20N4O2/c1-11(2)18-6-5-13(10-18)9-17-14-7-12(8-16)3-4-15(14)19(20)21/h3-4,7,11,13,17H,5-6,9-10H2,1-2H3. The molecule has 1 aliphatic rings. The van der Waals surface area contributed by atoms with Crippen LogP contribution in [-0.2, 0) is 0 Å². The van der Waals surface area contributed by atoms with Crippen LogP contribution in [-0.4, -0.2) is 35.5 Å². The van der Waals surface area contributed by atoms with Gasteiger partial charge in [0.15, 0.2) is 0 Å². The molecule has 1 aliphatic heterocycles. The number of nitrogens with zero attached hydrogens (tertiary/aromatic N) is 3. The summed E-state index contributed by atoms with van der Waals surface area (Å²) in [6.07, 6.45) is 1.09. The van der Waals surface area contributed by atoms with Crippen molar-refractivity contribution in [1.29, 1.82) is 5.26 Å². The predicted molar refractivity (Wildman–Crippen MR) is 81.1 cm³/mol. The highest BCUT2D eigenvalue weighted by atomic mass is 16.6. The number of nitro benzene ring substituents is 1. The molecule has 0 aliphatic carbocycles. The van der Waals surface area contributed by atoms with E-state index < -0.39 is 4.92 Å². The molecule has 0 amide bonds. The molecular formula is C15H20N4O2. The molecule has 1 atom stereocenters. The Bertz CT molecular complexity index is 565. The lowest BCUT2D eigenvalue weighted by Gasteiger charge is -2.20. The number of nitrogens with one attached hydrogen (secondary N) is 1. The van der Waals surface area contributed by atoms with Gasteiger partial charge in [-0.05, 0) is 44.9 Å². The Labute approximate surface area is 124 Å². The second-order valence-corrected chi connectivity index (χ2v) is 5.73. The zero-order valence-electron chi connectivity index (χ0n) is 12.4. The molecule has 0 saturated carbocycles. The van der Waals surface area contributed by atoms with Gasteiger partial charge in [-0.15, -0.1) is 0 Å². The fourth-order valence-corrected chi connectivity index (χ4v) is 2.66. The number of rotatable bonds is 5. The van der Waals surface area contributed by atoms with Gasteiger partial charge in [-0.25, -0.2) is 0 Å². The summed E-state index contributed by atoms with van der Waals surface area (Å²) in [6.45, 7) is 7.13. The van der Waals surface area contributed by atoms with E-state index in [0.717, 1.165) is 19.5 Å². The van der Waals surface area contributed by atoms with Crippen LogP contribution in [0.3, 0.4) is 0 Å². The van der Waals surface area contributed by atoms with Crippen LogP contribution in [0.2, 0.25) is 0 Å². The molecule has 21 heavy (non-hydrogen) atoms. The quantitative estimate of drug-likeness (QED) is 0.665. The van der Waals surface area contributed by atoms with E-state index in [1.165, 1.54) is 12.1 Å². The molecule has 1 N–H and O–H groups in total.